The molecule has 0 spiro atoms. The molecule has 0 unspecified atom stereocenters. The number of halogens is 1. The van der Waals surface area contributed by atoms with Crippen LogP contribution in [0.5, 0.6) is 0 Å². The van der Waals surface area contributed by atoms with Crippen molar-refractivity contribution in [1.29, 1.82) is 0 Å². The summed E-state index contributed by atoms with van der Waals surface area (Å²) in [5, 5.41) is 4.63. The lowest BCUT2D eigenvalue weighted by Gasteiger charge is -2.04. The highest BCUT2D eigenvalue weighted by Gasteiger charge is 2.15. The summed E-state index contributed by atoms with van der Waals surface area (Å²) in [6, 6.07) is 0. The SMILES string of the molecule is CCOCCn1nc(CC)c2nc(Cl)nc(N)c21. The molecule has 0 aliphatic rings. The molecule has 0 aliphatic carbocycles. The molecule has 2 aromatic rings. The number of fused-ring (bicyclic) bond motifs is 1. The van der Waals surface area contributed by atoms with Crippen molar-refractivity contribution in [2.45, 2.75) is 26.8 Å². The molecule has 0 saturated carbocycles. The minimum absolute atomic E-state index is 0.152. The largest absolute Gasteiger partial charge is 0.382 e. The van der Waals surface area contributed by atoms with Crippen molar-refractivity contribution in [1.82, 2.24) is 19.7 Å². The Balaban J connectivity index is 2.46. The number of nitrogens with two attached hydrogens (primary N) is 1. The van der Waals surface area contributed by atoms with E-state index in [-0.39, 0.29) is 5.28 Å². The van der Waals surface area contributed by atoms with Crippen LogP contribution in [-0.4, -0.2) is 33.0 Å². The van der Waals surface area contributed by atoms with E-state index in [0.29, 0.717) is 25.6 Å². The molecular formula is C11H16ClN5O. The molecule has 0 amide bonds. The van der Waals surface area contributed by atoms with E-state index < -0.39 is 0 Å². The van der Waals surface area contributed by atoms with Gasteiger partial charge in [-0.15, -0.1) is 0 Å². The number of nitrogen functional groups attached to an aromatic ring is 1. The zero-order valence-corrected chi connectivity index (χ0v) is 11.2. The number of hydrogen-bond donors (Lipinski definition) is 1. The quantitative estimate of drug-likeness (QED) is 0.660. The minimum atomic E-state index is 0.152. The first kappa shape index (κ1) is 13.0. The van der Waals surface area contributed by atoms with Gasteiger partial charge in [0.15, 0.2) is 5.82 Å². The summed E-state index contributed by atoms with van der Waals surface area (Å²) >= 11 is 5.83. The maximum atomic E-state index is 5.89. The normalized spacial score (nSPS) is 11.3. The third-order valence-electron chi connectivity index (χ3n) is 2.64. The summed E-state index contributed by atoms with van der Waals surface area (Å²) in [5.74, 6) is 0.355. The summed E-state index contributed by atoms with van der Waals surface area (Å²) in [4.78, 5) is 8.18. The third-order valence-corrected chi connectivity index (χ3v) is 2.81. The first-order valence-electron chi connectivity index (χ1n) is 5.93. The first-order chi connectivity index (χ1) is 8.67. The van der Waals surface area contributed by atoms with Crippen LogP contribution in [0.15, 0.2) is 0 Å². The molecule has 2 rings (SSSR count). The fourth-order valence-corrected chi connectivity index (χ4v) is 2.01. The van der Waals surface area contributed by atoms with Crippen molar-refractivity contribution in [3.8, 4) is 0 Å². The van der Waals surface area contributed by atoms with Gasteiger partial charge < -0.3 is 10.5 Å². The number of ether oxygens (including phenoxy) is 1. The maximum absolute atomic E-state index is 5.89. The zero-order chi connectivity index (χ0) is 13.1. The molecule has 18 heavy (non-hydrogen) atoms. The summed E-state index contributed by atoms with van der Waals surface area (Å²) in [7, 11) is 0. The number of anilines is 1. The van der Waals surface area contributed by atoms with Crippen molar-refractivity contribution in [3.63, 3.8) is 0 Å². The average Bonchev–Trinajstić information content (AvgIpc) is 2.67. The van der Waals surface area contributed by atoms with E-state index in [1.165, 1.54) is 0 Å². The van der Waals surface area contributed by atoms with E-state index in [4.69, 9.17) is 22.1 Å². The van der Waals surface area contributed by atoms with Gasteiger partial charge in [0.1, 0.15) is 11.0 Å². The van der Waals surface area contributed by atoms with Crippen molar-refractivity contribution >= 4 is 28.5 Å². The maximum Gasteiger partial charge on any atom is 0.225 e. The number of rotatable bonds is 5. The van der Waals surface area contributed by atoms with E-state index in [2.05, 4.69) is 15.1 Å². The van der Waals surface area contributed by atoms with Gasteiger partial charge in [-0.05, 0) is 24.9 Å². The smallest absolute Gasteiger partial charge is 0.225 e. The van der Waals surface area contributed by atoms with Crippen LogP contribution in [0.1, 0.15) is 19.5 Å². The summed E-state index contributed by atoms with van der Waals surface area (Å²) in [6.45, 7) is 5.85. The second-order valence-electron chi connectivity index (χ2n) is 3.80. The molecule has 0 radical (unpaired) electrons. The summed E-state index contributed by atoms with van der Waals surface area (Å²) in [5.41, 5.74) is 8.23. The molecule has 0 aromatic carbocycles. The predicted octanol–water partition coefficient (Wildman–Crippen LogP) is 1.66. The highest BCUT2D eigenvalue weighted by Crippen LogP contribution is 2.23. The Bertz CT molecular complexity index is 554. The molecular weight excluding hydrogens is 254 g/mol. The fraction of sp³-hybridized carbons (Fsp3) is 0.545. The van der Waals surface area contributed by atoms with Crippen LogP contribution in [0.4, 0.5) is 5.82 Å². The van der Waals surface area contributed by atoms with Gasteiger partial charge in [-0.25, -0.2) is 4.98 Å². The molecule has 0 atom stereocenters. The average molecular weight is 270 g/mol. The molecule has 6 nitrogen and oxygen atoms in total. The van der Waals surface area contributed by atoms with Crippen LogP contribution in [0, 0.1) is 0 Å². The second-order valence-corrected chi connectivity index (χ2v) is 4.13. The fourth-order valence-electron chi connectivity index (χ4n) is 1.84. The Morgan fingerprint density at radius 1 is 1.33 bits per heavy atom. The molecule has 0 saturated heterocycles. The first-order valence-corrected chi connectivity index (χ1v) is 6.31. The van der Waals surface area contributed by atoms with Gasteiger partial charge in [0, 0.05) is 6.61 Å². The molecule has 98 valence electrons. The van der Waals surface area contributed by atoms with Crippen LogP contribution < -0.4 is 5.73 Å². The van der Waals surface area contributed by atoms with E-state index in [9.17, 15) is 0 Å². The highest BCUT2D eigenvalue weighted by atomic mass is 35.5. The van der Waals surface area contributed by atoms with Gasteiger partial charge in [0.2, 0.25) is 5.28 Å². The van der Waals surface area contributed by atoms with Crippen LogP contribution in [0.2, 0.25) is 5.28 Å². The van der Waals surface area contributed by atoms with Crippen molar-refractivity contribution in [2.75, 3.05) is 18.9 Å². The minimum Gasteiger partial charge on any atom is -0.382 e. The van der Waals surface area contributed by atoms with Gasteiger partial charge in [0.05, 0.1) is 18.8 Å². The number of hydrogen-bond acceptors (Lipinski definition) is 5. The van der Waals surface area contributed by atoms with Crippen LogP contribution in [0.25, 0.3) is 11.0 Å². The van der Waals surface area contributed by atoms with Crippen molar-refractivity contribution in [3.05, 3.63) is 11.0 Å². The molecule has 0 fully saturated rings. The zero-order valence-electron chi connectivity index (χ0n) is 10.5. The Morgan fingerprint density at radius 2 is 2.11 bits per heavy atom. The van der Waals surface area contributed by atoms with Gasteiger partial charge in [-0.1, -0.05) is 6.92 Å². The molecule has 7 heteroatoms. The lowest BCUT2D eigenvalue weighted by molar-refractivity contribution is 0.137. The lowest BCUT2D eigenvalue weighted by atomic mass is 10.3. The van der Waals surface area contributed by atoms with Crippen molar-refractivity contribution < 1.29 is 4.74 Å². The number of aromatic nitrogens is 4. The number of aryl methyl sites for hydroxylation is 1. The Hall–Kier alpha value is -1.40. The lowest BCUT2D eigenvalue weighted by Crippen LogP contribution is -2.09. The summed E-state index contributed by atoms with van der Waals surface area (Å²) in [6.07, 6.45) is 0.769. The predicted molar refractivity (Wildman–Crippen MR) is 70.6 cm³/mol. The van der Waals surface area contributed by atoms with E-state index in [0.717, 1.165) is 23.1 Å². The Labute approximate surface area is 110 Å². The van der Waals surface area contributed by atoms with Crippen LogP contribution in [-0.2, 0) is 17.7 Å². The van der Waals surface area contributed by atoms with E-state index in [1.54, 1.807) is 4.68 Å². The Morgan fingerprint density at radius 3 is 2.78 bits per heavy atom. The van der Waals surface area contributed by atoms with Gasteiger partial charge >= 0.3 is 0 Å². The van der Waals surface area contributed by atoms with Crippen molar-refractivity contribution in [2.24, 2.45) is 0 Å². The monoisotopic (exact) mass is 269 g/mol. The molecule has 0 aliphatic heterocycles. The van der Waals surface area contributed by atoms with E-state index >= 15 is 0 Å². The Kier molecular flexibility index (Phi) is 3.98. The van der Waals surface area contributed by atoms with E-state index in [1.807, 2.05) is 13.8 Å². The standard InChI is InChI=1S/C11H16ClN5O/c1-3-7-8-9(10(13)15-11(12)14-8)17(16-7)5-6-18-4-2/h3-6H2,1-2H3,(H2,13,14,15). The van der Waals surface area contributed by atoms with Gasteiger partial charge in [-0.3, -0.25) is 4.68 Å². The van der Waals surface area contributed by atoms with Gasteiger partial charge in [-0.2, -0.15) is 10.1 Å². The summed E-state index contributed by atoms with van der Waals surface area (Å²) < 4.78 is 7.11. The topological polar surface area (TPSA) is 78.8 Å². The number of nitrogens with zero attached hydrogens (tertiary/aromatic N) is 4. The highest BCUT2D eigenvalue weighted by molar-refractivity contribution is 6.28. The van der Waals surface area contributed by atoms with Crippen LogP contribution >= 0.6 is 11.6 Å². The second kappa shape index (κ2) is 5.49. The molecule has 0 bridgehead atoms. The molecule has 2 aromatic heterocycles. The molecule has 2 N–H and O–H groups in total. The molecule has 2 heterocycles. The van der Waals surface area contributed by atoms with Crippen LogP contribution in [0.3, 0.4) is 0 Å². The van der Waals surface area contributed by atoms with Gasteiger partial charge in [0.25, 0.3) is 0 Å². The third kappa shape index (κ3) is 2.39.